The lowest BCUT2D eigenvalue weighted by molar-refractivity contribution is 0.490. The minimum absolute atomic E-state index is 0.0300. The van der Waals surface area contributed by atoms with Crippen LogP contribution in [0.15, 0.2) is 78.6 Å². The molecule has 4 nitrogen and oxygen atoms in total. The largest absolute Gasteiger partial charge is 0.447 e. The SMILES string of the molecule is [2H]C([2H])([2H])N1C=CN(c2cccc(Oc3cc4c(-c5cc(C(C)(C)C)ccn5)cc5ccsc5c4s3)c2)C1. The Hall–Kier alpha value is -3.35. The maximum atomic E-state index is 7.65. The van der Waals surface area contributed by atoms with Crippen molar-refractivity contribution in [1.29, 1.82) is 0 Å². The number of benzene rings is 2. The summed E-state index contributed by atoms with van der Waals surface area (Å²) in [6.45, 7) is 4.75. The molecule has 0 atom stereocenters. The van der Waals surface area contributed by atoms with Crippen LogP contribution in [-0.4, -0.2) is 23.5 Å². The molecule has 176 valence electrons. The van der Waals surface area contributed by atoms with Gasteiger partial charge in [0.15, 0.2) is 5.06 Å². The molecule has 0 radical (unpaired) electrons. The van der Waals surface area contributed by atoms with E-state index >= 15 is 0 Å². The van der Waals surface area contributed by atoms with Crippen LogP contribution in [0.1, 0.15) is 30.4 Å². The number of ether oxygens (including phenoxy) is 1. The van der Waals surface area contributed by atoms with Crippen molar-refractivity contribution in [2.75, 3.05) is 18.5 Å². The van der Waals surface area contributed by atoms with Crippen LogP contribution in [0, 0.1) is 0 Å². The van der Waals surface area contributed by atoms with E-state index in [0.717, 1.165) is 27.4 Å². The van der Waals surface area contributed by atoms with Gasteiger partial charge in [-0.2, -0.15) is 0 Å². The summed E-state index contributed by atoms with van der Waals surface area (Å²) in [5.41, 5.74) is 4.21. The smallest absolute Gasteiger partial charge is 0.182 e. The molecule has 0 fully saturated rings. The van der Waals surface area contributed by atoms with E-state index in [-0.39, 0.29) is 12.1 Å². The second-order valence-corrected chi connectivity index (χ2v) is 11.7. The molecule has 0 spiro atoms. The second-order valence-electron chi connectivity index (χ2n) is 9.73. The second kappa shape index (κ2) is 8.40. The molecule has 0 saturated carbocycles. The first-order valence-corrected chi connectivity index (χ1v) is 13.2. The van der Waals surface area contributed by atoms with Crippen LogP contribution in [0.4, 0.5) is 5.69 Å². The molecule has 0 amide bonds. The zero-order valence-corrected chi connectivity index (χ0v) is 21.4. The number of thiophene rings is 2. The fourth-order valence-corrected chi connectivity index (χ4v) is 6.43. The van der Waals surface area contributed by atoms with Gasteiger partial charge in [-0.1, -0.05) is 38.2 Å². The molecular weight excluding hydrogens is 470 g/mol. The first kappa shape index (κ1) is 18.9. The molecule has 0 unspecified atom stereocenters. The minimum atomic E-state index is -2.16. The fourth-order valence-electron chi connectivity index (χ4n) is 4.32. The van der Waals surface area contributed by atoms with Crippen LogP contribution >= 0.6 is 22.7 Å². The molecule has 4 heterocycles. The van der Waals surface area contributed by atoms with Gasteiger partial charge in [0.1, 0.15) is 5.75 Å². The van der Waals surface area contributed by atoms with E-state index in [1.807, 2.05) is 35.4 Å². The van der Waals surface area contributed by atoms with Gasteiger partial charge in [0.2, 0.25) is 0 Å². The number of anilines is 1. The van der Waals surface area contributed by atoms with Crippen molar-refractivity contribution >= 4 is 48.5 Å². The number of aromatic nitrogens is 1. The molecule has 0 aliphatic carbocycles. The number of nitrogens with zero attached hydrogens (tertiary/aromatic N) is 3. The van der Waals surface area contributed by atoms with Gasteiger partial charge in [0, 0.05) is 58.5 Å². The van der Waals surface area contributed by atoms with Gasteiger partial charge < -0.3 is 14.5 Å². The highest BCUT2D eigenvalue weighted by molar-refractivity contribution is 7.27. The van der Waals surface area contributed by atoms with Gasteiger partial charge in [-0.25, -0.2) is 0 Å². The molecule has 0 bridgehead atoms. The normalized spacial score (nSPS) is 15.6. The average Bonchev–Trinajstić information content (AvgIpc) is 3.62. The van der Waals surface area contributed by atoms with Crippen molar-refractivity contribution in [2.45, 2.75) is 26.2 Å². The highest BCUT2D eigenvalue weighted by Gasteiger charge is 2.19. The predicted octanol–water partition coefficient (Wildman–Crippen LogP) is 8.45. The summed E-state index contributed by atoms with van der Waals surface area (Å²) in [6.07, 6.45) is 5.28. The van der Waals surface area contributed by atoms with Crippen molar-refractivity contribution in [1.82, 2.24) is 9.88 Å². The number of hydrogen-bond acceptors (Lipinski definition) is 6. The Bertz CT molecular complexity index is 1680. The van der Waals surface area contributed by atoms with Crippen molar-refractivity contribution in [2.24, 2.45) is 0 Å². The summed E-state index contributed by atoms with van der Waals surface area (Å²) in [5.74, 6) is 0.701. The molecule has 35 heavy (non-hydrogen) atoms. The number of pyridine rings is 1. The third-order valence-corrected chi connectivity index (χ3v) is 8.31. The van der Waals surface area contributed by atoms with E-state index < -0.39 is 6.98 Å². The van der Waals surface area contributed by atoms with Crippen molar-refractivity contribution < 1.29 is 8.85 Å². The highest BCUT2D eigenvalue weighted by Crippen LogP contribution is 2.45. The van der Waals surface area contributed by atoms with Crippen LogP contribution < -0.4 is 9.64 Å². The van der Waals surface area contributed by atoms with Crippen molar-refractivity contribution in [3.8, 4) is 22.1 Å². The monoisotopic (exact) mass is 500 g/mol. The van der Waals surface area contributed by atoms with Gasteiger partial charge in [-0.15, -0.1) is 11.3 Å². The first-order chi connectivity index (χ1) is 18.1. The molecule has 1 aliphatic rings. The molecule has 0 saturated heterocycles. The summed E-state index contributed by atoms with van der Waals surface area (Å²) >= 11 is 3.38. The van der Waals surface area contributed by atoms with Crippen molar-refractivity contribution in [3.05, 3.63) is 84.1 Å². The number of fused-ring (bicyclic) bond motifs is 3. The summed E-state index contributed by atoms with van der Waals surface area (Å²) in [4.78, 5) is 7.98. The molecule has 2 aromatic carbocycles. The highest BCUT2D eigenvalue weighted by atomic mass is 32.1. The van der Waals surface area contributed by atoms with Gasteiger partial charge in [-0.05, 0) is 58.1 Å². The van der Waals surface area contributed by atoms with E-state index in [9.17, 15) is 0 Å². The fraction of sp³-hybridized carbons (Fsp3) is 0.207. The average molecular weight is 501 g/mol. The van der Waals surface area contributed by atoms with Crippen molar-refractivity contribution in [3.63, 3.8) is 0 Å². The molecule has 3 aromatic heterocycles. The molecule has 6 rings (SSSR count). The van der Waals surface area contributed by atoms with Gasteiger partial charge in [-0.3, -0.25) is 4.98 Å². The van der Waals surface area contributed by atoms with Crippen LogP contribution in [0.25, 0.3) is 31.4 Å². The van der Waals surface area contributed by atoms with Gasteiger partial charge in [0.25, 0.3) is 0 Å². The Labute approximate surface area is 217 Å². The van der Waals surface area contributed by atoms with Gasteiger partial charge in [0.05, 0.1) is 21.8 Å². The third kappa shape index (κ3) is 4.17. The zero-order chi connectivity index (χ0) is 26.7. The van der Waals surface area contributed by atoms with E-state index in [4.69, 9.17) is 13.8 Å². The standard InChI is InChI=1S/C29H27N3OS2/c1-29(2,3)20-8-10-30-25(15-20)23-14-19-9-13-34-27(19)28-24(23)17-26(35-28)33-22-7-5-6-21(16-22)32-12-11-31(4)18-32/h5-17H,18H2,1-4H3/i4D3. The lowest BCUT2D eigenvalue weighted by Gasteiger charge is -2.19. The summed E-state index contributed by atoms with van der Waals surface area (Å²) < 4.78 is 31.8. The maximum absolute atomic E-state index is 7.65. The topological polar surface area (TPSA) is 28.6 Å². The molecule has 1 aliphatic heterocycles. The molecule has 0 N–H and O–H groups in total. The summed E-state index contributed by atoms with van der Waals surface area (Å²) in [6, 6.07) is 18.5. The Morgan fingerprint density at radius 3 is 2.77 bits per heavy atom. The van der Waals surface area contributed by atoms with Crippen LogP contribution in [0.2, 0.25) is 0 Å². The van der Waals surface area contributed by atoms with E-state index in [1.54, 1.807) is 35.1 Å². The summed E-state index contributed by atoms with van der Waals surface area (Å²) in [7, 11) is 0. The van der Waals surface area contributed by atoms with Crippen LogP contribution in [0.5, 0.6) is 10.8 Å². The van der Waals surface area contributed by atoms with E-state index in [2.05, 4.69) is 56.5 Å². The Morgan fingerprint density at radius 1 is 1.03 bits per heavy atom. The minimum Gasteiger partial charge on any atom is -0.447 e. The maximum Gasteiger partial charge on any atom is 0.182 e. The zero-order valence-electron chi connectivity index (χ0n) is 22.8. The third-order valence-electron chi connectivity index (χ3n) is 6.20. The number of hydrogen-bond donors (Lipinski definition) is 0. The molecular formula is C29H27N3OS2. The lowest BCUT2D eigenvalue weighted by atomic mass is 9.86. The Balaban J connectivity index is 1.36. The van der Waals surface area contributed by atoms with Crippen LogP contribution in [0.3, 0.4) is 0 Å². The Kier molecular flexibility index (Phi) is 4.54. The predicted molar refractivity (Wildman–Crippen MR) is 150 cm³/mol. The number of rotatable bonds is 4. The quantitative estimate of drug-likeness (QED) is 0.247. The Morgan fingerprint density at radius 2 is 1.94 bits per heavy atom. The first-order valence-electron chi connectivity index (χ1n) is 13.0. The molecule has 5 aromatic rings. The van der Waals surface area contributed by atoms with Gasteiger partial charge >= 0.3 is 0 Å². The molecule has 6 heteroatoms. The lowest BCUT2D eigenvalue weighted by Crippen LogP contribution is -2.21. The van der Waals surface area contributed by atoms with E-state index in [0.29, 0.717) is 5.75 Å². The van der Waals surface area contributed by atoms with E-state index in [1.165, 1.54) is 25.2 Å². The van der Waals surface area contributed by atoms with Crippen LogP contribution in [-0.2, 0) is 5.41 Å². The summed E-state index contributed by atoms with van der Waals surface area (Å²) in [5, 5.41) is 5.26.